The number of carbonyl (C=O) groups is 5. The molecular formula is C25H34N4O6. The number of fused-ring (bicyclic) bond motifs is 1. The zero-order valence-corrected chi connectivity index (χ0v) is 20.6. The molecule has 2 aliphatic heterocycles. The second kappa shape index (κ2) is 11.3. The van der Waals surface area contributed by atoms with Gasteiger partial charge in [0.05, 0.1) is 17.0 Å². The summed E-state index contributed by atoms with van der Waals surface area (Å²) in [6.45, 7) is 6.92. The fourth-order valence-electron chi connectivity index (χ4n) is 4.22. The van der Waals surface area contributed by atoms with E-state index in [4.69, 9.17) is 4.74 Å². The molecule has 2 aliphatic rings. The quantitative estimate of drug-likeness (QED) is 0.427. The molecule has 0 radical (unpaired) electrons. The Hall–Kier alpha value is -3.43. The normalized spacial score (nSPS) is 17.7. The van der Waals surface area contributed by atoms with Gasteiger partial charge >= 0.3 is 6.09 Å². The summed E-state index contributed by atoms with van der Waals surface area (Å²) in [7, 11) is 0. The van der Waals surface area contributed by atoms with E-state index in [9.17, 15) is 24.0 Å². The van der Waals surface area contributed by atoms with Crippen LogP contribution >= 0.6 is 0 Å². The molecule has 2 heterocycles. The summed E-state index contributed by atoms with van der Waals surface area (Å²) < 4.78 is 5.15. The van der Waals surface area contributed by atoms with Crippen LogP contribution in [0.25, 0.3) is 0 Å². The Kier molecular flexibility index (Phi) is 8.48. The molecule has 3 rings (SSSR count). The first-order chi connectivity index (χ1) is 16.6. The number of nitrogens with zero attached hydrogens (tertiary/aromatic N) is 2. The molecule has 0 aliphatic carbocycles. The summed E-state index contributed by atoms with van der Waals surface area (Å²) in [5, 5.41) is 5.39. The number of hydrogen-bond acceptors (Lipinski definition) is 6. The highest BCUT2D eigenvalue weighted by atomic mass is 16.6. The maximum atomic E-state index is 12.7. The molecule has 0 bridgehead atoms. The van der Waals surface area contributed by atoms with Gasteiger partial charge in [-0.25, -0.2) is 4.79 Å². The Morgan fingerprint density at radius 3 is 2.29 bits per heavy atom. The Bertz CT molecular complexity index is 951. The number of benzene rings is 1. The van der Waals surface area contributed by atoms with Gasteiger partial charge in [-0.15, -0.1) is 0 Å². The van der Waals surface area contributed by atoms with Crippen molar-refractivity contribution in [2.75, 3.05) is 32.7 Å². The smallest absolute Gasteiger partial charge is 0.407 e. The van der Waals surface area contributed by atoms with Gasteiger partial charge in [-0.05, 0) is 52.2 Å². The number of ether oxygens (including phenoxy) is 1. The Balaban J connectivity index is 1.37. The van der Waals surface area contributed by atoms with Crippen LogP contribution in [0.5, 0.6) is 0 Å². The van der Waals surface area contributed by atoms with Crippen molar-refractivity contribution >= 4 is 29.7 Å². The van der Waals surface area contributed by atoms with Gasteiger partial charge in [-0.1, -0.05) is 12.1 Å². The molecule has 10 nitrogen and oxygen atoms in total. The summed E-state index contributed by atoms with van der Waals surface area (Å²) in [4.78, 5) is 64.7. The average Bonchev–Trinajstić information content (AvgIpc) is 3.05. The Morgan fingerprint density at radius 2 is 1.66 bits per heavy atom. The fourth-order valence-corrected chi connectivity index (χ4v) is 4.22. The first-order valence-electron chi connectivity index (χ1n) is 12.0. The lowest BCUT2D eigenvalue weighted by Crippen LogP contribution is -2.46. The van der Waals surface area contributed by atoms with Crippen LogP contribution in [0.1, 0.15) is 67.2 Å². The molecule has 1 saturated heterocycles. The standard InChI is InChI=1S/C25H34N4O6/c1-25(2,3)35-24(34)27-13-12-26-21(31)17-8-6-14-28(16-17)20(30)11-7-15-29-22(32)18-9-4-5-10-19(18)23(29)33/h4-5,9-10,17H,6-8,11-16H2,1-3H3,(H,26,31)(H,27,34). The topological polar surface area (TPSA) is 125 Å². The number of imide groups is 1. The summed E-state index contributed by atoms with van der Waals surface area (Å²) in [6, 6.07) is 6.70. The van der Waals surface area contributed by atoms with Crippen LogP contribution in [0, 0.1) is 5.92 Å². The van der Waals surface area contributed by atoms with E-state index in [1.165, 1.54) is 4.90 Å². The molecule has 1 atom stereocenters. The maximum Gasteiger partial charge on any atom is 0.407 e. The summed E-state index contributed by atoms with van der Waals surface area (Å²) in [6.07, 6.45) is 1.43. The van der Waals surface area contributed by atoms with Gasteiger partial charge in [-0.2, -0.15) is 0 Å². The van der Waals surface area contributed by atoms with Crippen LogP contribution in [0.2, 0.25) is 0 Å². The molecule has 0 aromatic heterocycles. The number of alkyl carbamates (subject to hydrolysis) is 1. The van der Waals surface area contributed by atoms with Gasteiger partial charge in [0.1, 0.15) is 5.60 Å². The van der Waals surface area contributed by atoms with Crippen LogP contribution in [0.15, 0.2) is 24.3 Å². The fraction of sp³-hybridized carbons (Fsp3) is 0.560. The van der Waals surface area contributed by atoms with Crippen LogP contribution in [0.4, 0.5) is 4.79 Å². The van der Waals surface area contributed by atoms with Crippen molar-refractivity contribution in [3.8, 4) is 0 Å². The summed E-state index contributed by atoms with van der Waals surface area (Å²) >= 11 is 0. The van der Waals surface area contributed by atoms with Crippen molar-refractivity contribution in [2.45, 2.75) is 52.1 Å². The number of nitrogens with one attached hydrogen (secondary N) is 2. The minimum Gasteiger partial charge on any atom is -0.444 e. The lowest BCUT2D eigenvalue weighted by atomic mass is 9.96. The number of likely N-dealkylation sites (tertiary alicyclic amines) is 1. The third-order valence-corrected chi connectivity index (χ3v) is 5.89. The van der Waals surface area contributed by atoms with Gasteiger partial charge in [0.2, 0.25) is 11.8 Å². The van der Waals surface area contributed by atoms with E-state index >= 15 is 0 Å². The van der Waals surface area contributed by atoms with E-state index in [0.717, 1.165) is 6.42 Å². The van der Waals surface area contributed by atoms with E-state index in [1.807, 2.05) is 0 Å². The van der Waals surface area contributed by atoms with Gasteiger partial charge in [-0.3, -0.25) is 24.1 Å². The third kappa shape index (κ3) is 7.03. The molecule has 10 heteroatoms. The van der Waals surface area contributed by atoms with Crippen molar-refractivity contribution in [2.24, 2.45) is 5.92 Å². The Labute approximate surface area is 205 Å². The molecule has 1 fully saturated rings. The molecule has 2 N–H and O–H groups in total. The van der Waals surface area contributed by atoms with Crippen LogP contribution in [-0.2, 0) is 14.3 Å². The first kappa shape index (κ1) is 26.2. The summed E-state index contributed by atoms with van der Waals surface area (Å²) in [5.74, 6) is -1.21. The second-order valence-corrected chi connectivity index (χ2v) is 9.81. The minimum absolute atomic E-state index is 0.0919. The van der Waals surface area contributed by atoms with E-state index in [0.29, 0.717) is 37.1 Å². The predicted octanol–water partition coefficient (Wildman–Crippen LogP) is 1.94. The molecule has 1 unspecified atom stereocenters. The molecule has 0 saturated carbocycles. The van der Waals surface area contributed by atoms with Crippen LogP contribution < -0.4 is 10.6 Å². The molecule has 1 aromatic carbocycles. The monoisotopic (exact) mass is 486 g/mol. The van der Waals surface area contributed by atoms with Crippen molar-refractivity contribution in [1.29, 1.82) is 0 Å². The zero-order valence-electron chi connectivity index (χ0n) is 20.6. The molecule has 35 heavy (non-hydrogen) atoms. The third-order valence-electron chi connectivity index (χ3n) is 5.89. The highest BCUT2D eigenvalue weighted by Crippen LogP contribution is 2.23. The molecule has 0 spiro atoms. The van der Waals surface area contributed by atoms with Crippen molar-refractivity contribution in [3.05, 3.63) is 35.4 Å². The highest BCUT2D eigenvalue weighted by molar-refractivity contribution is 6.21. The Morgan fingerprint density at radius 1 is 1.03 bits per heavy atom. The van der Waals surface area contributed by atoms with E-state index in [2.05, 4.69) is 10.6 Å². The second-order valence-electron chi connectivity index (χ2n) is 9.81. The number of piperidine rings is 1. The van der Waals surface area contributed by atoms with Crippen molar-refractivity contribution in [3.63, 3.8) is 0 Å². The number of hydrogen-bond donors (Lipinski definition) is 2. The lowest BCUT2D eigenvalue weighted by molar-refractivity contribution is -0.135. The largest absolute Gasteiger partial charge is 0.444 e. The molecule has 190 valence electrons. The number of amides is 5. The number of rotatable bonds is 8. The van der Waals surface area contributed by atoms with Gasteiger partial charge in [0.15, 0.2) is 0 Å². The van der Waals surface area contributed by atoms with Crippen LogP contribution in [0.3, 0.4) is 0 Å². The molecule has 5 amide bonds. The van der Waals surface area contributed by atoms with E-state index < -0.39 is 11.7 Å². The number of carbonyl (C=O) groups excluding carboxylic acids is 5. The predicted molar refractivity (Wildman–Crippen MR) is 128 cm³/mol. The van der Waals surface area contributed by atoms with Gasteiger partial charge < -0.3 is 20.3 Å². The van der Waals surface area contributed by atoms with Crippen molar-refractivity contribution < 1.29 is 28.7 Å². The zero-order chi connectivity index (χ0) is 25.6. The lowest BCUT2D eigenvalue weighted by Gasteiger charge is -2.32. The molecule has 1 aromatic rings. The SMILES string of the molecule is CC(C)(C)OC(=O)NCCNC(=O)C1CCCN(C(=O)CCCN2C(=O)c3ccccc3C2=O)C1. The van der Waals surface area contributed by atoms with Crippen LogP contribution in [-0.4, -0.2) is 77.8 Å². The highest BCUT2D eigenvalue weighted by Gasteiger charge is 2.35. The first-order valence-corrected chi connectivity index (χ1v) is 12.0. The molecular weight excluding hydrogens is 452 g/mol. The van der Waals surface area contributed by atoms with Crippen molar-refractivity contribution in [1.82, 2.24) is 20.4 Å². The average molecular weight is 487 g/mol. The van der Waals surface area contributed by atoms with Gasteiger partial charge in [0.25, 0.3) is 11.8 Å². The minimum atomic E-state index is -0.587. The van der Waals surface area contributed by atoms with E-state index in [1.54, 1.807) is 49.9 Å². The maximum absolute atomic E-state index is 12.7. The van der Waals surface area contributed by atoms with Gasteiger partial charge in [0, 0.05) is 39.1 Å². The van der Waals surface area contributed by atoms with E-state index in [-0.39, 0.29) is 55.6 Å². The summed E-state index contributed by atoms with van der Waals surface area (Å²) in [5.41, 5.74) is 0.209.